The summed E-state index contributed by atoms with van der Waals surface area (Å²) >= 11 is 0. The van der Waals surface area contributed by atoms with Crippen LogP contribution in [0, 0.1) is 0 Å². The maximum absolute atomic E-state index is 11.4. The summed E-state index contributed by atoms with van der Waals surface area (Å²) in [6, 6.07) is 0.102. The maximum Gasteiger partial charge on any atom is 0.410 e. The number of hydrogen-bond donors (Lipinski definition) is 1. The zero-order valence-electron chi connectivity index (χ0n) is 10.0. The highest BCUT2D eigenvalue weighted by molar-refractivity contribution is 5.73. The van der Waals surface area contributed by atoms with Gasteiger partial charge in [-0.1, -0.05) is 0 Å². The second-order valence-electron chi connectivity index (χ2n) is 3.84. The smallest absolute Gasteiger partial charge is 0.410 e. The third-order valence-electron chi connectivity index (χ3n) is 2.00. The molecule has 0 aromatic rings. The monoisotopic (exact) mass is 216 g/mol. The van der Waals surface area contributed by atoms with Gasteiger partial charge in [-0.05, 0) is 20.8 Å². The van der Waals surface area contributed by atoms with Gasteiger partial charge in [0, 0.05) is 20.0 Å². The van der Waals surface area contributed by atoms with Gasteiger partial charge < -0.3 is 15.0 Å². The Morgan fingerprint density at radius 3 is 2.27 bits per heavy atom. The minimum absolute atomic E-state index is 0.102. The van der Waals surface area contributed by atoms with Crippen molar-refractivity contribution >= 4 is 12.0 Å². The van der Waals surface area contributed by atoms with E-state index in [9.17, 15) is 9.59 Å². The van der Waals surface area contributed by atoms with Crippen LogP contribution in [0.5, 0.6) is 0 Å². The van der Waals surface area contributed by atoms with Crippen molar-refractivity contribution in [3.8, 4) is 0 Å². The van der Waals surface area contributed by atoms with Crippen molar-refractivity contribution in [2.24, 2.45) is 0 Å². The molecule has 0 radical (unpaired) electrons. The van der Waals surface area contributed by atoms with Crippen LogP contribution in [0.15, 0.2) is 0 Å². The minimum atomic E-state index is -0.372. The molecule has 88 valence electrons. The zero-order valence-corrected chi connectivity index (χ0v) is 10.0. The summed E-state index contributed by atoms with van der Waals surface area (Å²) in [5.41, 5.74) is 0. The fraction of sp³-hybridized carbons (Fsp3) is 0.800. The van der Waals surface area contributed by atoms with Gasteiger partial charge in [-0.2, -0.15) is 0 Å². The summed E-state index contributed by atoms with van der Waals surface area (Å²) in [6.07, 6.45) is -0.689. The number of carbonyl (C=O) groups is 2. The fourth-order valence-corrected chi connectivity index (χ4v) is 0.795. The molecule has 0 aliphatic carbocycles. The highest BCUT2D eigenvalue weighted by Gasteiger charge is 2.16. The van der Waals surface area contributed by atoms with E-state index in [-0.39, 0.29) is 24.1 Å². The molecule has 1 N–H and O–H groups in total. The molecular weight excluding hydrogens is 196 g/mol. The lowest BCUT2D eigenvalue weighted by Gasteiger charge is -2.23. The summed E-state index contributed by atoms with van der Waals surface area (Å²) in [6.45, 7) is 7.31. The van der Waals surface area contributed by atoms with Gasteiger partial charge in [0.25, 0.3) is 0 Å². The first kappa shape index (κ1) is 13.7. The molecule has 0 aliphatic heterocycles. The van der Waals surface area contributed by atoms with Crippen LogP contribution in [0.1, 0.15) is 27.7 Å². The molecule has 2 amide bonds. The van der Waals surface area contributed by atoms with Crippen LogP contribution in [0.4, 0.5) is 4.79 Å². The molecule has 15 heavy (non-hydrogen) atoms. The third-order valence-corrected chi connectivity index (χ3v) is 2.00. The summed E-state index contributed by atoms with van der Waals surface area (Å²) in [4.78, 5) is 23.5. The Kier molecular flexibility index (Phi) is 5.74. The van der Waals surface area contributed by atoms with E-state index < -0.39 is 0 Å². The van der Waals surface area contributed by atoms with Crippen LogP contribution >= 0.6 is 0 Å². The average Bonchev–Trinajstić information content (AvgIpc) is 2.13. The molecule has 0 aliphatic rings. The topological polar surface area (TPSA) is 58.6 Å². The van der Waals surface area contributed by atoms with E-state index in [4.69, 9.17) is 4.74 Å². The molecule has 0 rings (SSSR count). The van der Waals surface area contributed by atoms with Crippen LogP contribution < -0.4 is 5.32 Å². The first-order valence-corrected chi connectivity index (χ1v) is 5.02. The third kappa shape index (κ3) is 5.93. The number of ether oxygens (including phenoxy) is 1. The van der Waals surface area contributed by atoms with Gasteiger partial charge in [0.2, 0.25) is 5.91 Å². The van der Waals surface area contributed by atoms with Crippen LogP contribution in [0.3, 0.4) is 0 Å². The number of carbonyl (C=O) groups excluding carboxylic acids is 2. The molecule has 0 heterocycles. The van der Waals surface area contributed by atoms with E-state index in [1.54, 1.807) is 14.0 Å². The van der Waals surface area contributed by atoms with Crippen molar-refractivity contribution in [1.82, 2.24) is 10.2 Å². The minimum Gasteiger partial charge on any atom is -0.445 e. The summed E-state index contributed by atoms with van der Waals surface area (Å²) in [7, 11) is 1.68. The molecule has 5 heteroatoms. The molecule has 5 nitrogen and oxygen atoms in total. The van der Waals surface area contributed by atoms with Crippen molar-refractivity contribution in [1.29, 1.82) is 0 Å². The Bertz CT molecular complexity index is 229. The maximum atomic E-state index is 11.4. The number of nitrogens with zero attached hydrogens (tertiary/aromatic N) is 1. The normalized spacial score (nSPS) is 12.1. The van der Waals surface area contributed by atoms with Gasteiger partial charge >= 0.3 is 6.09 Å². The second-order valence-corrected chi connectivity index (χ2v) is 3.84. The lowest BCUT2D eigenvalue weighted by Crippen LogP contribution is -2.38. The van der Waals surface area contributed by atoms with E-state index in [2.05, 4.69) is 5.32 Å². The SMILES string of the molecule is CC(=O)NCC(C)OC(=O)N(C)C(C)C. The van der Waals surface area contributed by atoms with E-state index in [0.717, 1.165) is 0 Å². The van der Waals surface area contributed by atoms with Gasteiger partial charge in [-0.15, -0.1) is 0 Å². The van der Waals surface area contributed by atoms with Crippen molar-refractivity contribution in [3.05, 3.63) is 0 Å². The van der Waals surface area contributed by atoms with Crippen molar-refractivity contribution in [2.45, 2.75) is 39.8 Å². The second kappa shape index (κ2) is 6.27. The van der Waals surface area contributed by atoms with Gasteiger partial charge in [0.15, 0.2) is 0 Å². The van der Waals surface area contributed by atoms with Crippen molar-refractivity contribution in [3.63, 3.8) is 0 Å². The predicted molar refractivity (Wildman–Crippen MR) is 57.5 cm³/mol. The standard InChI is InChI=1S/C10H20N2O3/c1-7(2)12(5)10(14)15-8(3)6-11-9(4)13/h7-8H,6H2,1-5H3,(H,11,13). The molecule has 0 saturated heterocycles. The van der Waals surface area contributed by atoms with Crippen LogP contribution in [-0.4, -0.2) is 42.6 Å². The first-order chi connectivity index (χ1) is 6.84. The number of rotatable bonds is 4. The Hall–Kier alpha value is -1.26. The first-order valence-electron chi connectivity index (χ1n) is 5.02. The van der Waals surface area contributed by atoms with Crippen molar-refractivity contribution in [2.75, 3.05) is 13.6 Å². The molecule has 0 fully saturated rings. The van der Waals surface area contributed by atoms with Gasteiger partial charge in [0.05, 0.1) is 6.54 Å². The van der Waals surface area contributed by atoms with Gasteiger partial charge in [0.1, 0.15) is 6.10 Å². The lowest BCUT2D eigenvalue weighted by molar-refractivity contribution is -0.119. The predicted octanol–water partition coefficient (Wildman–Crippen LogP) is 0.988. The largest absolute Gasteiger partial charge is 0.445 e. The van der Waals surface area contributed by atoms with Gasteiger partial charge in [-0.25, -0.2) is 4.79 Å². The van der Waals surface area contributed by atoms with Crippen LogP contribution in [0.2, 0.25) is 0 Å². The van der Waals surface area contributed by atoms with E-state index in [1.807, 2.05) is 13.8 Å². The Labute approximate surface area is 90.8 Å². The van der Waals surface area contributed by atoms with E-state index >= 15 is 0 Å². The van der Waals surface area contributed by atoms with Crippen molar-refractivity contribution < 1.29 is 14.3 Å². The Morgan fingerprint density at radius 2 is 1.87 bits per heavy atom. The zero-order chi connectivity index (χ0) is 12.0. The van der Waals surface area contributed by atoms with E-state index in [1.165, 1.54) is 11.8 Å². The molecule has 0 bridgehead atoms. The summed E-state index contributed by atoms with van der Waals surface area (Å²) < 4.78 is 5.10. The molecule has 0 aromatic heterocycles. The van der Waals surface area contributed by atoms with Crippen LogP contribution in [0.25, 0.3) is 0 Å². The van der Waals surface area contributed by atoms with Crippen LogP contribution in [-0.2, 0) is 9.53 Å². The molecular formula is C10H20N2O3. The molecule has 0 spiro atoms. The lowest BCUT2D eigenvalue weighted by atomic mass is 10.3. The molecule has 0 saturated carbocycles. The quantitative estimate of drug-likeness (QED) is 0.762. The highest BCUT2D eigenvalue weighted by Crippen LogP contribution is 2.00. The Morgan fingerprint density at radius 1 is 1.33 bits per heavy atom. The molecule has 1 unspecified atom stereocenters. The molecule has 0 aromatic carbocycles. The Balaban J connectivity index is 3.90. The summed E-state index contributed by atoms with van der Waals surface area (Å²) in [5.74, 6) is -0.130. The van der Waals surface area contributed by atoms with E-state index in [0.29, 0.717) is 6.54 Å². The average molecular weight is 216 g/mol. The molecule has 1 atom stereocenters. The number of amides is 2. The van der Waals surface area contributed by atoms with Gasteiger partial charge in [-0.3, -0.25) is 4.79 Å². The fourth-order valence-electron chi connectivity index (χ4n) is 0.795. The summed E-state index contributed by atoms with van der Waals surface area (Å²) in [5, 5.41) is 2.58. The highest BCUT2D eigenvalue weighted by atomic mass is 16.6. The number of nitrogens with one attached hydrogen (secondary N) is 1. The number of hydrogen-bond acceptors (Lipinski definition) is 3.